The van der Waals surface area contributed by atoms with E-state index >= 15 is 0 Å². The lowest BCUT2D eigenvalue weighted by Gasteiger charge is -2.06. The van der Waals surface area contributed by atoms with Gasteiger partial charge in [-0.25, -0.2) is 0 Å². The van der Waals surface area contributed by atoms with E-state index in [1.807, 2.05) is 29.6 Å². The van der Waals surface area contributed by atoms with E-state index in [1.54, 1.807) is 23.1 Å². The summed E-state index contributed by atoms with van der Waals surface area (Å²) in [5.41, 5.74) is 2.59. The normalized spacial score (nSPS) is 10.4. The van der Waals surface area contributed by atoms with Gasteiger partial charge in [0.25, 0.3) is 0 Å². The molecule has 4 heteroatoms. The van der Waals surface area contributed by atoms with E-state index in [0.29, 0.717) is 12.3 Å². The number of thiophene rings is 1. The highest BCUT2D eigenvalue weighted by molar-refractivity contribution is 7.99. The van der Waals surface area contributed by atoms with Crippen molar-refractivity contribution in [1.29, 1.82) is 0 Å². The van der Waals surface area contributed by atoms with Crippen molar-refractivity contribution in [3.8, 4) is 0 Å². The van der Waals surface area contributed by atoms with Crippen molar-refractivity contribution in [3.63, 3.8) is 0 Å². The maximum Gasteiger partial charge on any atom is 0.230 e. The molecular formula is C15H17NOS2. The van der Waals surface area contributed by atoms with Crippen LogP contribution in [0.2, 0.25) is 0 Å². The molecule has 1 amide bonds. The number of carbonyl (C=O) groups is 1. The molecule has 0 unspecified atom stereocenters. The Labute approximate surface area is 122 Å². The summed E-state index contributed by atoms with van der Waals surface area (Å²) in [6.07, 6.45) is 0. The number of hydrogen-bond donors (Lipinski definition) is 1. The fourth-order valence-corrected chi connectivity index (χ4v) is 3.25. The number of carbonyl (C=O) groups excluding carboxylic acids is 1. The molecule has 1 aromatic heterocycles. The van der Waals surface area contributed by atoms with Crippen molar-refractivity contribution in [1.82, 2.24) is 5.32 Å². The molecule has 0 aliphatic heterocycles. The maximum absolute atomic E-state index is 11.7. The van der Waals surface area contributed by atoms with Gasteiger partial charge in [-0.2, -0.15) is 0 Å². The van der Waals surface area contributed by atoms with Gasteiger partial charge < -0.3 is 5.32 Å². The molecule has 0 radical (unpaired) electrons. The summed E-state index contributed by atoms with van der Waals surface area (Å²) >= 11 is 3.32. The van der Waals surface area contributed by atoms with Crippen LogP contribution in [0.5, 0.6) is 0 Å². The third-order valence-corrected chi connectivity index (χ3v) is 4.65. The Morgan fingerprint density at radius 3 is 2.84 bits per heavy atom. The smallest absolute Gasteiger partial charge is 0.230 e. The molecule has 2 rings (SSSR count). The van der Waals surface area contributed by atoms with Gasteiger partial charge in [0.2, 0.25) is 5.91 Å². The second-order valence-corrected chi connectivity index (χ2v) is 6.29. The monoisotopic (exact) mass is 291 g/mol. The lowest BCUT2D eigenvalue weighted by molar-refractivity contribution is -0.118. The molecule has 1 heterocycles. The van der Waals surface area contributed by atoms with Gasteiger partial charge in [-0.1, -0.05) is 30.3 Å². The molecule has 0 bridgehead atoms. The predicted octanol–water partition coefficient (Wildman–Crippen LogP) is 3.61. The minimum Gasteiger partial charge on any atom is -0.350 e. The van der Waals surface area contributed by atoms with Crippen molar-refractivity contribution >= 4 is 29.0 Å². The molecule has 0 saturated heterocycles. The molecule has 0 fully saturated rings. The fourth-order valence-electron chi connectivity index (χ4n) is 1.68. The molecule has 1 aromatic carbocycles. The first-order chi connectivity index (χ1) is 9.25. The van der Waals surface area contributed by atoms with E-state index < -0.39 is 0 Å². The molecule has 0 aliphatic carbocycles. The van der Waals surface area contributed by atoms with E-state index in [0.717, 1.165) is 5.75 Å². The van der Waals surface area contributed by atoms with Crippen molar-refractivity contribution in [2.75, 3.05) is 5.75 Å². The standard InChI is InChI=1S/C15H17NOS2/c1-12-5-2-3-6-13(12)10-18-11-15(17)16-9-14-7-4-8-19-14/h2-8H,9-11H2,1H3,(H,16,17). The molecular weight excluding hydrogens is 274 g/mol. The Morgan fingerprint density at radius 2 is 2.11 bits per heavy atom. The SMILES string of the molecule is Cc1ccccc1CSCC(=O)NCc1cccs1. The Balaban J connectivity index is 1.68. The third kappa shape index (κ3) is 4.73. The van der Waals surface area contributed by atoms with Crippen molar-refractivity contribution in [2.45, 2.75) is 19.2 Å². The van der Waals surface area contributed by atoms with Crippen LogP contribution in [0.1, 0.15) is 16.0 Å². The van der Waals surface area contributed by atoms with Crippen LogP contribution in [0.15, 0.2) is 41.8 Å². The number of aryl methyl sites for hydroxylation is 1. The zero-order chi connectivity index (χ0) is 13.5. The number of benzene rings is 1. The summed E-state index contributed by atoms with van der Waals surface area (Å²) < 4.78 is 0. The van der Waals surface area contributed by atoms with Crippen LogP contribution in [0.3, 0.4) is 0 Å². The highest BCUT2D eigenvalue weighted by Gasteiger charge is 2.03. The molecule has 0 saturated carbocycles. The summed E-state index contributed by atoms with van der Waals surface area (Å²) in [4.78, 5) is 12.9. The van der Waals surface area contributed by atoms with Gasteiger partial charge in [0.15, 0.2) is 0 Å². The van der Waals surface area contributed by atoms with Crippen LogP contribution in [0.4, 0.5) is 0 Å². The minimum absolute atomic E-state index is 0.104. The van der Waals surface area contributed by atoms with Gasteiger partial charge >= 0.3 is 0 Å². The summed E-state index contributed by atoms with van der Waals surface area (Å²) in [6, 6.07) is 12.3. The molecule has 2 nitrogen and oxygen atoms in total. The minimum atomic E-state index is 0.104. The van der Waals surface area contributed by atoms with Gasteiger partial charge in [-0.3, -0.25) is 4.79 Å². The Hall–Kier alpha value is -1.26. The highest BCUT2D eigenvalue weighted by atomic mass is 32.2. The lowest BCUT2D eigenvalue weighted by Crippen LogP contribution is -2.24. The number of amides is 1. The van der Waals surface area contributed by atoms with Gasteiger partial charge in [0.05, 0.1) is 12.3 Å². The van der Waals surface area contributed by atoms with Crippen LogP contribution in [0, 0.1) is 6.92 Å². The van der Waals surface area contributed by atoms with Crippen molar-refractivity contribution < 1.29 is 4.79 Å². The van der Waals surface area contributed by atoms with Gasteiger partial charge in [0, 0.05) is 10.6 Å². The Bertz CT molecular complexity index is 523. The van der Waals surface area contributed by atoms with Crippen LogP contribution in [-0.2, 0) is 17.1 Å². The lowest BCUT2D eigenvalue weighted by atomic mass is 10.1. The molecule has 0 spiro atoms. The average Bonchev–Trinajstić information content (AvgIpc) is 2.92. The predicted molar refractivity (Wildman–Crippen MR) is 83.5 cm³/mol. The number of nitrogens with one attached hydrogen (secondary N) is 1. The first-order valence-electron chi connectivity index (χ1n) is 6.17. The Morgan fingerprint density at radius 1 is 1.26 bits per heavy atom. The molecule has 0 aliphatic rings. The average molecular weight is 291 g/mol. The molecule has 19 heavy (non-hydrogen) atoms. The van der Waals surface area contributed by atoms with Crippen molar-refractivity contribution in [3.05, 3.63) is 57.8 Å². The van der Waals surface area contributed by atoms with E-state index in [-0.39, 0.29) is 5.91 Å². The highest BCUT2D eigenvalue weighted by Crippen LogP contribution is 2.15. The summed E-state index contributed by atoms with van der Waals surface area (Å²) in [7, 11) is 0. The quantitative estimate of drug-likeness (QED) is 0.881. The summed E-state index contributed by atoms with van der Waals surface area (Å²) in [5.74, 6) is 1.51. The van der Waals surface area contributed by atoms with E-state index in [2.05, 4.69) is 24.4 Å². The number of hydrogen-bond acceptors (Lipinski definition) is 3. The molecule has 0 atom stereocenters. The Kier molecular flexibility index (Phi) is 5.48. The summed E-state index contributed by atoms with van der Waals surface area (Å²) in [5, 5.41) is 4.96. The zero-order valence-corrected chi connectivity index (χ0v) is 12.5. The van der Waals surface area contributed by atoms with Gasteiger partial charge in [-0.15, -0.1) is 23.1 Å². The second-order valence-electron chi connectivity index (χ2n) is 4.28. The van der Waals surface area contributed by atoms with E-state index in [1.165, 1.54) is 16.0 Å². The molecule has 100 valence electrons. The van der Waals surface area contributed by atoms with Crippen LogP contribution in [0.25, 0.3) is 0 Å². The topological polar surface area (TPSA) is 29.1 Å². The van der Waals surface area contributed by atoms with Crippen molar-refractivity contribution in [2.24, 2.45) is 0 Å². The zero-order valence-electron chi connectivity index (χ0n) is 10.9. The molecule has 2 aromatic rings. The van der Waals surface area contributed by atoms with Crippen LogP contribution in [-0.4, -0.2) is 11.7 Å². The van der Waals surface area contributed by atoms with E-state index in [9.17, 15) is 4.79 Å². The summed E-state index contributed by atoms with van der Waals surface area (Å²) in [6.45, 7) is 2.74. The largest absolute Gasteiger partial charge is 0.350 e. The van der Waals surface area contributed by atoms with Gasteiger partial charge in [0.1, 0.15) is 0 Å². The molecule has 1 N–H and O–H groups in total. The number of rotatable bonds is 6. The maximum atomic E-state index is 11.7. The fraction of sp³-hybridized carbons (Fsp3) is 0.267. The third-order valence-electron chi connectivity index (χ3n) is 2.79. The first kappa shape index (κ1) is 14.2. The second kappa shape index (κ2) is 7.36. The van der Waals surface area contributed by atoms with Crippen LogP contribution >= 0.6 is 23.1 Å². The number of thioether (sulfide) groups is 1. The first-order valence-corrected chi connectivity index (χ1v) is 8.20. The van der Waals surface area contributed by atoms with E-state index in [4.69, 9.17) is 0 Å². The van der Waals surface area contributed by atoms with Crippen LogP contribution < -0.4 is 5.32 Å². The van der Waals surface area contributed by atoms with Gasteiger partial charge in [-0.05, 0) is 29.5 Å².